The summed E-state index contributed by atoms with van der Waals surface area (Å²) in [4.78, 5) is 1.34. The molecule has 0 spiro atoms. The monoisotopic (exact) mass is 314 g/mol. The van der Waals surface area contributed by atoms with Gasteiger partial charge in [0.15, 0.2) is 0 Å². The number of hydrazone groups is 1. The van der Waals surface area contributed by atoms with Gasteiger partial charge >= 0.3 is 0 Å². The van der Waals surface area contributed by atoms with Gasteiger partial charge in [-0.15, -0.1) is 11.8 Å². The third kappa shape index (κ3) is 2.16. The lowest BCUT2D eigenvalue weighted by Gasteiger charge is -2.31. The second-order valence-electron chi connectivity index (χ2n) is 5.83. The van der Waals surface area contributed by atoms with Gasteiger partial charge in [-0.1, -0.05) is 36.7 Å². The van der Waals surface area contributed by atoms with Crippen LogP contribution in [0.1, 0.15) is 12.5 Å². The Labute approximate surface area is 133 Å². The highest BCUT2D eigenvalue weighted by molar-refractivity contribution is 7.99. The van der Waals surface area contributed by atoms with E-state index in [9.17, 15) is 0 Å². The van der Waals surface area contributed by atoms with Crippen molar-refractivity contribution in [2.75, 3.05) is 17.3 Å². The first-order chi connectivity index (χ1) is 10.2. The van der Waals surface area contributed by atoms with Gasteiger partial charge in [0.05, 0.1) is 17.9 Å². The molecule has 4 heteroatoms. The predicted molar refractivity (Wildman–Crippen MR) is 90.6 cm³/mol. The van der Waals surface area contributed by atoms with Gasteiger partial charge in [0, 0.05) is 26.6 Å². The summed E-state index contributed by atoms with van der Waals surface area (Å²) in [5, 5.41) is 7.78. The van der Waals surface area contributed by atoms with Crippen molar-refractivity contribution in [2.24, 2.45) is 10.5 Å². The van der Waals surface area contributed by atoms with E-state index >= 15 is 0 Å². The Bertz CT molecular complexity index is 726. The SMILES string of the molecule is CC12CSc3ccccc3C1=NN(c1ccc(Cl)cc1)C2. The molecule has 1 atom stereocenters. The molecule has 0 aromatic heterocycles. The van der Waals surface area contributed by atoms with Gasteiger partial charge in [-0.3, -0.25) is 5.01 Å². The van der Waals surface area contributed by atoms with Crippen LogP contribution in [0.25, 0.3) is 0 Å². The third-order valence-electron chi connectivity index (χ3n) is 4.10. The van der Waals surface area contributed by atoms with Gasteiger partial charge < -0.3 is 0 Å². The number of fused-ring (bicyclic) bond motifs is 3. The highest BCUT2D eigenvalue weighted by atomic mass is 35.5. The Balaban J connectivity index is 1.77. The molecule has 2 aliphatic rings. The molecule has 2 aromatic carbocycles. The molecule has 0 N–H and O–H groups in total. The Kier molecular flexibility index (Phi) is 3.02. The fourth-order valence-corrected chi connectivity index (χ4v) is 4.29. The normalized spacial score (nSPS) is 23.5. The number of thioether (sulfide) groups is 1. The van der Waals surface area contributed by atoms with Crippen molar-refractivity contribution >= 4 is 34.8 Å². The molecular formula is C17H15ClN2S. The molecule has 0 aliphatic carbocycles. The van der Waals surface area contributed by atoms with Crippen molar-refractivity contribution in [3.8, 4) is 0 Å². The van der Waals surface area contributed by atoms with Gasteiger partial charge in [-0.25, -0.2) is 0 Å². The number of rotatable bonds is 1. The molecule has 0 bridgehead atoms. The maximum atomic E-state index is 5.98. The van der Waals surface area contributed by atoms with E-state index in [1.54, 1.807) is 0 Å². The van der Waals surface area contributed by atoms with Gasteiger partial charge in [0.1, 0.15) is 0 Å². The Morgan fingerprint density at radius 3 is 2.71 bits per heavy atom. The van der Waals surface area contributed by atoms with Crippen LogP contribution in [0.5, 0.6) is 0 Å². The Hall–Kier alpha value is -1.45. The topological polar surface area (TPSA) is 15.6 Å². The average molecular weight is 315 g/mol. The lowest BCUT2D eigenvalue weighted by atomic mass is 9.83. The first-order valence-electron chi connectivity index (χ1n) is 7.00. The van der Waals surface area contributed by atoms with Crippen molar-refractivity contribution in [1.29, 1.82) is 0 Å². The van der Waals surface area contributed by atoms with E-state index in [0.717, 1.165) is 23.0 Å². The minimum atomic E-state index is 0.110. The molecule has 106 valence electrons. The largest absolute Gasteiger partial charge is 0.264 e. The highest BCUT2D eigenvalue weighted by Crippen LogP contribution is 2.44. The molecule has 2 nitrogen and oxygen atoms in total. The molecule has 0 fully saturated rings. The number of anilines is 1. The molecule has 4 rings (SSSR count). The Morgan fingerprint density at radius 2 is 1.90 bits per heavy atom. The molecule has 2 aliphatic heterocycles. The van der Waals surface area contributed by atoms with Gasteiger partial charge in [0.2, 0.25) is 0 Å². The van der Waals surface area contributed by atoms with Gasteiger partial charge in [0.25, 0.3) is 0 Å². The predicted octanol–water partition coefficient (Wildman–Crippen LogP) is 4.68. The molecule has 0 amide bonds. The van der Waals surface area contributed by atoms with Crippen LogP contribution in [0.4, 0.5) is 5.69 Å². The Morgan fingerprint density at radius 1 is 1.14 bits per heavy atom. The maximum Gasteiger partial charge on any atom is 0.0778 e. The molecular weight excluding hydrogens is 300 g/mol. The highest BCUT2D eigenvalue weighted by Gasteiger charge is 2.43. The first kappa shape index (κ1) is 13.2. The van der Waals surface area contributed by atoms with E-state index < -0.39 is 0 Å². The quantitative estimate of drug-likeness (QED) is 0.759. The van der Waals surface area contributed by atoms with Crippen molar-refractivity contribution in [3.63, 3.8) is 0 Å². The van der Waals surface area contributed by atoms with Crippen molar-refractivity contribution in [1.82, 2.24) is 0 Å². The second-order valence-corrected chi connectivity index (χ2v) is 7.28. The summed E-state index contributed by atoms with van der Waals surface area (Å²) < 4.78 is 0. The van der Waals surface area contributed by atoms with E-state index in [2.05, 4.69) is 36.2 Å². The lowest BCUT2D eigenvalue weighted by Crippen LogP contribution is -2.36. The number of nitrogens with zero attached hydrogens (tertiary/aromatic N) is 2. The average Bonchev–Trinajstić information content (AvgIpc) is 2.86. The zero-order chi connectivity index (χ0) is 14.4. The fourth-order valence-electron chi connectivity index (χ4n) is 2.96. The van der Waals surface area contributed by atoms with Crippen molar-refractivity contribution in [2.45, 2.75) is 11.8 Å². The minimum Gasteiger partial charge on any atom is -0.264 e. The third-order valence-corrected chi connectivity index (χ3v) is 5.80. The molecule has 1 unspecified atom stereocenters. The van der Waals surface area contributed by atoms with Gasteiger partial charge in [-0.2, -0.15) is 5.10 Å². The summed E-state index contributed by atoms with van der Waals surface area (Å²) in [5.74, 6) is 1.08. The standard InChI is InChI=1S/C17H15ClN2S/c1-17-10-20(13-8-6-12(18)7-9-13)19-16(17)14-4-2-3-5-15(14)21-11-17/h2-9H,10-11H2,1H3. The number of halogens is 1. The van der Waals surface area contributed by atoms with Crippen LogP contribution in [-0.4, -0.2) is 18.0 Å². The van der Waals surface area contributed by atoms with E-state index in [0.29, 0.717) is 0 Å². The summed E-state index contributed by atoms with van der Waals surface area (Å²) >= 11 is 7.91. The van der Waals surface area contributed by atoms with Crippen LogP contribution in [-0.2, 0) is 0 Å². The number of hydrogen-bond acceptors (Lipinski definition) is 3. The first-order valence-corrected chi connectivity index (χ1v) is 8.36. The fraction of sp³-hybridized carbons (Fsp3) is 0.235. The van der Waals surface area contributed by atoms with E-state index in [1.165, 1.54) is 16.2 Å². The smallest absolute Gasteiger partial charge is 0.0778 e. The molecule has 2 aromatic rings. The summed E-state index contributed by atoms with van der Waals surface area (Å²) in [6.45, 7) is 3.23. The van der Waals surface area contributed by atoms with Crippen molar-refractivity contribution in [3.05, 3.63) is 59.1 Å². The second kappa shape index (κ2) is 4.79. The zero-order valence-corrected chi connectivity index (χ0v) is 13.3. The molecule has 21 heavy (non-hydrogen) atoms. The van der Waals surface area contributed by atoms with E-state index in [-0.39, 0.29) is 5.41 Å². The summed E-state index contributed by atoms with van der Waals surface area (Å²) in [5.41, 5.74) is 3.71. The van der Waals surface area contributed by atoms with Crippen LogP contribution in [0.3, 0.4) is 0 Å². The summed E-state index contributed by atoms with van der Waals surface area (Å²) in [6.07, 6.45) is 0. The van der Waals surface area contributed by atoms with Crippen LogP contribution in [0, 0.1) is 5.41 Å². The summed E-state index contributed by atoms with van der Waals surface area (Å²) in [7, 11) is 0. The van der Waals surface area contributed by atoms with Crippen LogP contribution >= 0.6 is 23.4 Å². The van der Waals surface area contributed by atoms with Crippen LogP contribution < -0.4 is 5.01 Å². The number of hydrogen-bond donors (Lipinski definition) is 0. The molecule has 0 saturated carbocycles. The van der Waals surface area contributed by atoms with Crippen molar-refractivity contribution < 1.29 is 0 Å². The van der Waals surface area contributed by atoms with Gasteiger partial charge in [-0.05, 0) is 30.3 Å². The number of benzene rings is 2. The molecule has 0 radical (unpaired) electrons. The zero-order valence-electron chi connectivity index (χ0n) is 11.7. The maximum absolute atomic E-state index is 5.98. The summed E-state index contributed by atoms with van der Waals surface area (Å²) in [6, 6.07) is 16.5. The van der Waals surface area contributed by atoms with E-state index in [4.69, 9.17) is 16.7 Å². The molecule has 2 heterocycles. The lowest BCUT2D eigenvalue weighted by molar-refractivity contribution is 0.560. The van der Waals surface area contributed by atoms with Crippen LogP contribution in [0.2, 0.25) is 5.02 Å². The van der Waals surface area contributed by atoms with Crippen LogP contribution in [0.15, 0.2) is 58.5 Å². The minimum absolute atomic E-state index is 0.110. The van der Waals surface area contributed by atoms with E-state index in [1.807, 2.05) is 36.0 Å². The molecule has 0 saturated heterocycles.